The largest absolute Gasteiger partial charge is 0.392 e. The molecular formula is C9H15N3O3S. The highest BCUT2D eigenvalue weighted by Crippen LogP contribution is 2.19. The Morgan fingerprint density at radius 3 is 2.94 bits per heavy atom. The lowest BCUT2D eigenvalue weighted by Gasteiger charge is -2.28. The van der Waals surface area contributed by atoms with E-state index < -0.39 is 16.1 Å². The van der Waals surface area contributed by atoms with Gasteiger partial charge in [0.2, 0.25) is 0 Å². The van der Waals surface area contributed by atoms with Crippen molar-refractivity contribution in [1.82, 2.24) is 14.3 Å². The Morgan fingerprint density at radius 2 is 2.38 bits per heavy atom. The summed E-state index contributed by atoms with van der Waals surface area (Å²) in [5.41, 5.74) is 0. The smallest absolute Gasteiger partial charge is 0.260 e. The summed E-state index contributed by atoms with van der Waals surface area (Å²) in [6, 6.07) is 0. The molecule has 1 aliphatic heterocycles. The maximum atomic E-state index is 12.1. The predicted molar refractivity (Wildman–Crippen MR) is 57.3 cm³/mol. The summed E-state index contributed by atoms with van der Waals surface area (Å²) in [5, 5.41) is 9.56. The van der Waals surface area contributed by atoms with Gasteiger partial charge in [0.25, 0.3) is 10.0 Å². The van der Waals surface area contributed by atoms with E-state index >= 15 is 0 Å². The van der Waals surface area contributed by atoms with Crippen molar-refractivity contribution in [3.8, 4) is 0 Å². The van der Waals surface area contributed by atoms with E-state index in [1.54, 1.807) is 6.92 Å². The van der Waals surface area contributed by atoms with Crippen LogP contribution in [0.4, 0.5) is 0 Å². The Morgan fingerprint density at radius 1 is 1.62 bits per heavy atom. The zero-order chi connectivity index (χ0) is 11.8. The van der Waals surface area contributed by atoms with Crippen LogP contribution in [0.1, 0.15) is 18.7 Å². The molecule has 0 amide bonds. The van der Waals surface area contributed by atoms with E-state index in [0.29, 0.717) is 25.2 Å². The zero-order valence-electron chi connectivity index (χ0n) is 9.05. The Kier molecular flexibility index (Phi) is 3.00. The van der Waals surface area contributed by atoms with Crippen LogP contribution >= 0.6 is 0 Å². The third kappa shape index (κ3) is 2.11. The van der Waals surface area contributed by atoms with Crippen molar-refractivity contribution in [2.24, 2.45) is 0 Å². The van der Waals surface area contributed by atoms with Crippen molar-refractivity contribution in [3.63, 3.8) is 0 Å². The monoisotopic (exact) mass is 245 g/mol. The number of aliphatic hydroxyl groups is 1. The van der Waals surface area contributed by atoms with E-state index in [9.17, 15) is 13.5 Å². The van der Waals surface area contributed by atoms with Crippen LogP contribution in [0.2, 0.25) is 0 Å². The first-order chi connectivity index (χ1) is 7.50. The maximum Gasteiger partial charge on any atom is 0.260 e. The quantitative estimate of drug-likeness (QED) is 0.759. The fourth-order valence-electron chi connectivity index (χ4n) is 1.81. The lowest BCUT2D eigenvalue weighted by Crippen LogP contribution is -2.42. The van der Waals surface area contributed by atoms with Gasteiger partial charge in [-0.25, -0.2) is 13.4 Å². The molecule has 2 rings (SSSR count). The van der Waals surface area contributed by atoms with Gasteiger partial charge in [-0.05, 0) is 19.8 Å². The molecule has 1 aromatic rings. The number of piperidine rings is 1. The van der Waals surface area contributed by atoms with Crippen LogP contribution in [0, 0.1) is 6.92 Å². The first kappa shape index (κ1) is 11.6. The molecule has 2 heterocycles. The molecule has 0 spiro atoms. The highest BCUT2D eigenvalue weighted by atomic mass is 32.2. The summed E-state index contributed by atoms with van der Waals surface area (Å²) in [7, 11) is -3.52. The molecule has 1 aliphatic rings. The van der Waals surface area contributed by atoms with E-state index in [2.05, 4.69) is 9.97 Å². The van der Waals surface area contributed by atoms with E-state index in [-0.39, 0.29) is 11.6 Å². The topological polar surface area (TPSA) is 86.3 Å². The maximum absolute atomic E-state index is 12.1. The number of nitrogens with zero attached hydrogens (tertiary/aromatic N) is 2. The minimum Gasteiger partial charge on any atom is -0.392 e. The number of hydrogen-bond donors (Lipinski definition) is 2. The third-order valence-electron chi connectivity index (χ3n) is 2.66. The van der Waals surface area contributed by atoms with Crippen molar-refractivity contribution >= 4 is 10.0 Å². The molecule has 0 aromatic carbocycles. The molecule has 1 fully saturated rings. The minimum atomic E-state index is -3.52. The van der Waals surface area contributed by atoms with Crippen molar-refractivity contribution in [2.45, 2.75) is 30.9 Å². The fourth-order valence-corrected chi connectivity index (χ4v) is 3.29. The summed E-state index contributed by atoms with van der Waals surface area (Å²) >= 11 is 0. The van der Waals surface area contributed by atoms with Crippen LogP contribution in [0.5, 0.6) is 0 Å². The van der Waals surface area contributed by atoms with Crippen LogP contribution in [-0.2, 0) is 10.0 Å². The van der Waals surface area contributed by atoms with Crippen molar-refractivity contribution < 1.29 is 13.5 Å². The van der Waals surface area contributed by atoms with Crippen LogP contribution in [0.3, 0.4) is 0 Å². The average molecular weight is 245 g/mol. The number of aliphatic hydroxyl groups excluding tert-OH is 1. The highest BCUT2D eigenvalue weighted by Gasteiger charge is 2.30. The molecule has 0 aliphatic carbocycles. The van der Waals surface area contributed by atoms with Crippen molar-refractivity contribution in [3.05, 3.63) is 12.0 Å². The van der Waals surface area contributed by atoms with E-state index in [0.717, 1.165) is 0 Å². The van der Waals surface area contributed by atoms with Crippen LogP contribution < -0.4 is 0 Å². The standard InChI is InChI=1S/C9H15N3O3S/c1-7-10-5-9(11-7)16(14,15)12-4-2-3-8(13)6-12/h5,8,13H,2-4,6H2,1H3,(H,10,11)/t8-/m0/s1. The fraction of sp³-hybridized carbons (Fsp3) is 0.667. The molecule has 0 saturated carbocycles. The number of aryl methyl sites for hydroxylation is 1. The molecular weight excluding hydrogens is 230 g/mol. The second-order valence-corrected chi connectivity index (χ2v) is 5.90. The molecule has 1 saturated heterocycles. The van der Waals surface area contributed by atoms with Crippen LogP contribution in [0.15, 0.2) is 11.2 Å². The minimum absolute atomic E-state index is 0.0964. The highest BCUT2D eigenvalue weighted by molar-refractivity contribution is 7.89. The second kappa shape index (κ2) is 4.15. The normalized spacial score (nSPS) is 23.5. The van der Waals surface area contributed by atoms with Crippen LogP contribution in [0.25, 0.3) is 0 Å². The number of hydrogen-bond acceptors (Lipinski definition) is 4. The molecule has 7 heteroatoms. The summed E-state index contributed by atoms with van der Waals surface area (Å²) in [6.07, 6.45) is 2.10. The molecule has 2 N–H and O–H groups in total. The van der Waals surface area contributed by atoms with Gasteiger partial charge in [-0.1, -0.05) is 0 Å². The molecule has 0 radical (unpaired) electrons. The Labute approximate surface area is 94.4 Å². The van der Waals surface area contributed by atoms with Gasteiger partial charge in [-0.15, -0.1) is 0 Å². The number of imidazole rings is 1. The first-order valence-corrected chi connectivity index (χ1v) is 6.64. The van der Waals surface area contributed by atoms with Gasteiger partial charge >= 0.3 is 0 Å². The Balaban J connectivity index is 2.25. The average Bonchev–Trinajstić information content (AvgIpc) is 2.65. The van der Waals surface area contributed by atoms with Crippen molar-refractivity contribution in [2.75, 3.05) is 13.1 Å². The number of aromatic nitrogens is 2. The number of nitrogens with one attached hydrogen (secondary N) is 1. The lowest BCUT2D eigenvalue weighted by molar-refractivity contribution is 0.108. The SMILES string of the molecule is Cc1ncc(S(=O)(=O)N2CCC[C@H](O)C2)[nH]1. The van der Waals surface area contributed by atoms with E-state index in [4.69, 9.17) is 0 Å². The van der Waals surface area contributed by atoms with Gasteiger partial charge in [0.1, 0.15) is 5.82 Å². The molecule has 1 atom stereocenters. The van der Waals surface area contributed by atoms with Gasteiger partial charge in [0, 0.05) is 13.1 Å². The first-order valence-electron chi connectivity index (χ1n) is 5.20. The van der Waals surface area contributed by atoms with Gasteiger partial charge in [0.15, 0.2) is 5.03 Å². The van der Waals surface area contributed by atoms with Gasteiger partial charge < -0.3 is 10.1 Å². The predicted octanol–water partition coefficient (Wildman–Crippen LogP) is -0.136. The van der Waals surface area contributed by atoms with Gasteiger partial charge in [-0.2, -0.15) is 4.31 Å². The van der Waals surface area contributed by atoms with E-state index in [1.165, 1.54) is 10.5 Å². The number of H-pyrrole nitrogens is 1. The Bertz CT molecular complexity index is 468. The summed E-state index contributed by atoms with van der Waals surface area (Å²) in [6.45, 7) is 2.32. The number of sulfonamides is 1. The number of aromatic amines is 1. The number of β-amino-alcohol motifs (C(OH)–C–C–N with tert-alkyl or cyclic N) is 1. The molecule has 0 bridgehead atoms. The molecule has 90 valence electrons. The van der Waals surface area contributed by atoms with E-state index in [1.807, 2.05) is 0 Å². The lowest BCUT2D eigenvalue weighted by atomic mass is 10.1. The number of rotatable bonds is 2. The molecule has 0 unspecified atom stereocenters. The molecule has 6 nitrogen and oxygen atoms in total. The van der Waals surface area contributed by atoms with Crippen LogP contribution in [-0.4, -0.2) is 47.0 Å². The third-order valence-corrected chi connectivity index (χ3v) is 4.43. The summed E-state index contributed by atoms with van der Waals surface area (Å²) < 4.78 is 25.5. The van der Waals surface area contributed by atoms with Gasteiger partial charge in [-0.3, -0.25) is 0 Å². The second-order valence-electron chi connectivity index (χ2n) is 3.99. The Hall–Kier alpha value is -0.920. The summed E-state index contributed by atoms with van der Waals surface area (Å²) in [4.78, 5) is 6.58. The summed E-state index contributed by atoms with van der Waals surface area (Å²) in [5.74, 6) is 0.566. The molecule has 16 heavy (non-hydrogen) atoms. The van der Waals surface area contributed by atoms with Gasteiger partial charge in [0.05, 0.1) is 12.3 Å². The molecule has 1 aromatic heterocycles. The zero-order valence-corrected chi connectivity index (χ0v) is 9.87. The van der Waals surface area contributed by atoms with Crippen molar-refractivity contribution in [1.29, 1.82) is 0 Å².